The Kier molecular flexibility index (Phi) is 3.04. The number of fused-ring (bicyclic) bond motifs is 1. The molecule has 18 heavy (non-hydrogen) atoms. The SMILES string of the molecule is CCN1CCC2(CC1)C[C@H](N)c1ccccc1O2. The normalized spacial score (nSPS) is 26.7. The molecule has 3 rings (SSSR count). The third-order valence-corrected chi connectivity index (χ3v) is 4.45. The fraction of sp³-hybridized carbons (Fsp3) is 0.600. The Labute approximate surface area is 109 Å². The number of hydrogen-bond acceptors (Lipinski definition) is 3. The van der Waals surface area contributed by atoms with Crippen LogP contribution in [0.1, 0.15) is 37.8 Å². The number of hydrogen-bond donors (Lipinski definition) is 1. The van der Waals surface area contributed by atoms with Crippen molar-refractivity contribution in [1.82, 2.24) is 4.90 Å². The predicted octanol–water partition coefficient (Wildman–Crippen LogP) is 2.32. The second kappa shape index (κ2) is 4.56. The van der Waals surface area contributed by atoms with Gasteiger partial charge in [-0.2, -0.15) is 0 Å². The van der Waals surface area contributed by atoms with Crippen molar-refractivity contribution in [3.05, 3.63) is 29.8 Å². The van der Waals surface area contributed by atoms with Crippen LogP contribution in [0.3, 0.4) is 0 Å². The van der Waals surface area contributed by atoms with E-state index in [0.29, 0.717) is 0 Å². The highest BCUT2D eigenvalue weighted by Crippen LogP contribution is 2.42. The molecule has 1 fully saturated rings. The van der Waals surface area contributed by atoms with Gasteiger partial charge in [0.15, 0.2) is 0 Å². The Morgan fingerprint density at radius 2 is 2.06 bits per heavy atom. The summed E-state index contributed by atoms with van der Waals surface area (Å²) in [5.74, 6) is 1.00. The summed E-state index contributed by atoms with van der Waals surface area (Å²) in [4.78, 5) is 2.49. The number of likely N-dealkylation sites (tertiary alicyclic amines) is 1. The van der Waals surface area contributed by atoms with Crippen molar-refractivity contribution in [2.45, 2.75) is 37.8 Å². The lowest BCUT2D eigenvalue weighted by atomic mass is 9.81. The maximum absolute atomic E-state index is 6.33. The van der Waals surface area contributed by atoms with Gasteiger partial charge in [-0.25, -0.2) is 0 Å². The minimum atomic E-state index is -0.0144. The molecule has 1 spiro atoms. The first kappa shape index (κ1) is 12.0. The van der Waals surface area contributed by atoms with Gasteiger partial charge < -0.3 is 15.4 Å². The lowest BCUT2D eigenvalue weighted by molar-refractivity contribution is -0.0205. The van der Waals surface area contributed by atoms with Gasteiger partial charge in [-0.3, -0.25) is 0 Å². The fourth-order valence-corrected chi connectivity index (χ4v) is 3.25. The molecule has 0 radical (unpaired) electrons. The van der Waals surface area contributed by atoms with Crippen molar-refractivity contribution in [2.75, 3.05) is 19.6 Å². The van der Waals surface area contributed by atoms with Crippen molar-refractivity contribution in [1.29, 1.82) is 0 Å². The molecule has 98 valence electrons. The highest BCUT2D eigenvalue weighted by Gasteiger charge is 2.41. The smallest absolute Gasteiger partial charge is 0.124 e. The van der Waals surface area contributed by atoms with Crippen molar-refractivity contribution < 1.29 is 4.74 Å². The van der Waals surface area contributed by atoms with Gasteiger partial charge in [0.05, 0.1) is 0 Å². The fourth-order valence-electron chi connectivity index (χ4n) is 3.25. The molecule has 1 atom stereocenters. The number of nitrogens with zero attached hydrogens (tertiary/aromatic N) is 1. The van der Waals surface area contributed by atoms with E-state index in [2.05, 4.69) is 24.0 Å². The second-order valence-corrected chi connectivity index (χ2v) is 5.57. The van der Waals surface area contributed by atoms with E-state index in [1.165, 1.54) is 5.56 Å². The van der Waals surface area contributed by atoms with Gasteiger partial charge in [-0.1, -0.05) is 25.1 Å². The summed E-state index contributed by atoms with van der Waals surface area (Å²) in [6.45, 7) is 5.62. The lowest BCUT2D eigenvalue weighted by Crippen LogP contribution is -2.51. The van der Waals surface area contributed by atoms with Gasteiger partial charge in [-0.15, -0.1) is 0 Å². The first-order valence-electron chi connectivity index (χ1n) is 6.98. The van der Waals surface area contributed by atoms with Gasteiger partial charge in [0.25, 0.3) is 0 Å². The number of rotatable bonds is 1. The molecule has 1 aromatic rings. The van der Waals surface area contributed by atoms with Gasteiger partial charge in [0.2, 0.25) is 0 Å². The third-order valence-electron chi connectivity index (χ3n) is 4.45. The Balaban J connectivity index is 1.81. The summed E-state index contributed by atoms with van der Waals surface area (Å²) in [6, 6.07) is 8.35. The standard InChI is InChI=1S/C15H22N2O/c1-2-17-9-7-15(8-10-17)11-13(16)12-5-3-4-6-14(12)18-15/h3-6,13H,2,7-11,16H2,1H3/t13-/m0/s1. The molecular formula is C15H22N2O. The van der Waals surface area contributed by atoms with Crippen LogP contribution in [0.25, 0.3) is 0 Å². The monoisotopic (exact) mass is 246 g/mol. The van der Waals surface area contributed by atoms with Crippen molar-refractivity contribution in [2.24, 2.45) is 5.73 Å². The number of nitrogens with two attached hydrogens (primary N) is 1. The molecule has 2 aliphatic rings. The van der Waals surface area contributed by atoms with E-state index in [0.717, 1.165) is 44.6 Å². The summed E-state index contributed by atoms with van der Waals surface area (Å²) >= 11 is 0. The second-order valence-electron chi connectivity index (χ2n) is 5.57. The van der Waals surface area contributed by atoms with Crippen LogP contribution in [0, 0.1) is 0 Å². The predicted molar refractivity (Wildman–Crippen MR) is 72.7 cm³/mol. The molecule has 2 heterocycles. The van der Waals surface area contributed by atoms with Gasteiger partial charge in [-0.05, 0) is 25.5 Å². The van der Waals surface area contributed by atoms with E-state index in [1.54, 1.807) is 0 Å². The van der Waals surface area contributed by atoms with Crippen molar-refractivity contribution >= 4 is 0 Å². The quantitative estimate of drug-likeness (QED) is 0.826. The molecule has 1 aromatic carbocycles. The average Bonchev–Trinajstić information content (AvgIpc) is 2.40. The molecule has 2 N–H and O–H groups in total. The Morgan fingerprint density at radius 3 is 2.78 bits per heavy atom. The summed E-state index contributed by atoms with van der Waals surface area (Å²) in [5, 5.41) is 0. The Hall–Kier alpha value is -1.06. The van der Waals surface area contributed by atoms with Crippen LogP contribution < -0.4 is 10.5 Å². The van der Waals surface area contributed by atoms with E-state index >= 15 is 0 Å². The molecule has 1 saturated heterocycles. The van der Waals surface area contributed by atoms with Gasteiger partial charge in [0.1, 0.15) is 11.4 Å². The number of benzene rings is 1. The van der Waals surface area contributed by atoms with Crippen LogP contribution >= 0.6 is 0 Å². The molecule has 0 unspecified atom stereocenters. The minimum absolute atomic E-state index is 0.0144. The Bertz CT molecular complexity index is 424. The van der Waals surface area contributed by atoms with E-state index < -0.39 is 0 Å². The minimum Gasteiger partial charge on any atom is -0.487 e. The van der Waals surface area contributed by atoms with E-state index in [4.69, 9.17) is 10.5 Å². The molecular weight excluding hydrogens is 224 g/mol. The molecule has 3 heteroatoms. The van der Waals surface area contributed by atoms with Crippen molar-refractivity contribution in [3.63, 3.8) is 0 Å². The third kappa shape index (κ3) is 2.02. The zero-order valence-electron chi connectivity index (χ0n) is 11.1. The molecule has 0 aliphatic carbocycles. The summed E-state index contributed by atoms with van der Waals surface area (Å²) in [7, 11) is 0. The first-order chi connectivity index (χ1) is 8.72. The van der Waals surface area contributed by atoms with E-state index in [1.807, 2.05) is 12.1 Å². The maximum atomic E-state index is 6.33. The summed E-state index contributed by atoms with van der Waals surface area (Å²) in [5.41, 5.74) is 7.48. The van der Waals surface area contributed by atoms with E-state index in [9.17, 15) is 0 Å². The van der Waals surface area contributed by atoms with E-state index in [-0.39, 0.29) is 11.6 Å². The van der Waals surface area contributed by atoms with Crippen molar-refractivity contribution in [3.8, 4) is 5.75 Å². The molecule has 2 aliphatic heterocycles. The van der Waals surface area contributed by atoms with Crippen LogP contribution in [-0.4, -0.2) is 30.1 Å². The topological polar surface area (TPSA) is 38.5 Å². The highest BCUT2D eigenvalue weighted by atomic mass is 16.5. The van der Waals surface area contributed by atoms with Gasteiger partial charge >= 0.3 is 0 Å². The number of piperidine rings is 1. The maximum Gasteiger partial charge on any atom is 0.124 e. The molecule has 0 saturated carbocycles. The average molecular weight is 246 g/mol. The largest absolute Gasteiger partial charge is 0.487 e. The number of para-hydroxylation sites is 1. The molecule has 0 aromatic heterocycles. The molecule has 0 bridgehead atoms. The van der Waals surface area contributed by atoms with Crippen LogP contribution in [-0.2, 0) is 0 Å². The number of ether oxygens (including phenoxy) is 1. The summed E-state index contributed by atoms with van der Waals surface area (Å²) < 4.78 is 6.32. The van der Waals surface area contributed by atoms with Crippen LogP contribution in [0.15, 0.2) is 24.3 Å². The Morgan fingerprint density at radius 1 is 1.33 bits per heavy atom. The molecule has 0 amide bonds. The first-order valence-corrected chi connectivity index (χ1v) is 6.98. The highest BCUT2D eigenvalue weighted by molar-refractivity contribution is 5.38. The zero-order chi connectivity index (χ0) is 12.6. The molecule has 3 nitrogen and oxygen atoms in total. The van der Waals surface area contributed by atoms with Gasteiger partial charge in [0, 0.05) is 31.1 Å². The van der Waals surface area contributed by atoms with Crippen LogP contribution in [0.5, 0.6) is 5.75 Å². The lowest BCUT2D eigenvalue weighted by Gasteiger charge is -2.46. The van der Waals surface area contributed by atoms with Crippen LogP contribution in [0.4, 0.5) is 0 Å². The zero-order valence-corrected chi connectivity index (χ0v) is 11.1. The van der Waals surface area contributed by atoms with Crippen LogP contribution in [0.2, 0.25) is 0 Å². The summed E-state index contributed by atoms with van der Waals surface area (Å²) in [6.07, 6.45) is 3.16.